The number of hydrogen-bond acceptors (Lipinski definition) is 5. The lowest BCUT2D eigenvalue weighted by molar-refractivity contribution is 0.391. The molecule has 0 amide bonds. The smallest absolute Gasteiger partial charge is 0.263 e. The Hall–Kier alpha value is -1.22. The molecule has 3 rings (SSSR count). The van der Waals surface area contributed by atoms with Gasteiger partial charge in [0.15, 0.2) is 5.03 Å². The normalized spacial score (nSPS) is 16.1. The molecule has 114 valence electrons. The lowest BCUT2D eigenvalue weighted by atomic mass is 10.1. The summed E-state index contributed by atoms with van der Waals surface area (Å²) in [6.45, 7) is 3.27. The molecular formula is C13H18N4O2S2. The summed E-state index contributed by atoms with van der Waals surface area (Å²) in [4.78, 5) is 1.29. The van der Waals surface area contributed by atoms with E-state index in [1.807, 2.05) is 18.4 Å². The Kier molecular flexibility index (Phi) is 3.87. The zero-order chi connectivity index (χ0) is 15.0. The van der Waals surface area contributed by atoms with Crippen molar-refractivity contribution in [3.8, 4) is 0 Å². The Morgan fingerprint density at radius 1 is 1.52 bits per heavy atom. The lowest BCUT2D eigenvalue weighted by Gasteiger charge is -2.25. The van der Waals surface area contributed by atoms with E-state index < -0.39 is 10.0 Å². The number of nitrogens with zero attached hydrogens (tertiary/aromatic N) is 2. The molecule has 3 heterocycles. The van der Waals surface area contributed by atoms with Crippen LogP contribution >= 0.6 is 11.3 Å². The molecule has 0 unspecified atom stereocenters. The molecule has 0 atom stereocenters. The third-order valence-corrected chi connectivity index (χ3v) is 6.59. The summed E-state index contributed by atoms with van der Waals surface area (Å²) in [6, 6.07) is 2.01. The summed E-state index contributed by atoms with van der Waals surface area (Å²) in [6.07, 6.45) is 0.775. The lowest BCUT2D eigenvalue weighted by Crippen LogP contribution is -2.36. The molecule has 8 heteroatoms. The quantitative estimate of drug-likeness (QED) is 0.886. The molecule has 1 aliphatic heterocycles. The number of aromatic nitrogens is 2. The molecule has 21 heavy (non-hydrogen) atoms. The fraction of sp³-hybridized carbons (Fsp3) is 0.462. The molecule has 0 bridgehead atoms. The van der Waals surface area contributed by atoms with Gasteiger partial charge in [0.2, 0.25) is 0 Å². The van der Waals surface area contributed by atoms with E-state index in [1.165, 1.54) is 9.18 Å². The third-order valence-electron chi connectivity index (χ3n) is 3.75. The number of aromatic amines is 1. The summed E-state index contributed by atoms with van der Waals surface area (Å²) in [5.41, 5.74) is 2.61. The Bertz CT molecular complexity index is 748. The van der Waals surface area contributed by atoms with Gasteiger partial charge in [-0.2, -0.15) is 9.40 Å². The highest BCUT2D eigenvalue weighted by molar-refractivity contribution is 7.89. The van der Waals surface area contributed by atoms with Crippen LogP contribution in [0.4, 0.5) is 0 Å². The van der Waals surface area contributed by atoms with E-state index >= 15 is 0 Å². The first kappa shape index (κ1) is 14.7. The standard InChI is InChI=1S/C13H18N4O2S2/c1-9-11(7-14-2)13(16-15-9)21(18,19)17-5-3-12-10(8-17)4-6-20-12/h4,6,14H,3,5,7-8H2,1-2H3,(H,15,16). The van der Waals surface area contributed by atoms with Gasteiger partial charge in [0.05, 0.1) is 0 Å². The van der Waals surface area contributed by atoms with Crippen LogP contribution in [0.5, 0.6) is 0 Å². The van der Waals surface area contributed by atoms with Gasteiger partial charge >= 0.3 is 0 Å². The molecule has 0 saturated heterocycles. The van der Waals surface area contributed by atoms with E-state index in [0.717, 1.165) is 17.7 Å². The highest BCUT2D eigenvalue weighted by atomic mass is 32.2. The molecular weight excluding hydrogens is 308 g/mol. The predicted molar refractivity (Wildman–Crippen MR) is 81.7 cm³/mol. The minimum Gasteiger partial charge on any atom is -0.316 e. The molecule has 0 fully saturated rings. The third kappa shape index (κ3) is 2.52. The molecule has 2 aromatic rings. The predicted octanol–water partition coefficient (Wildman–Crippen LogP) is 1.25. The van der Waals surface area contributed by atoms with Crippen LogP contribution in [0.25, 0.3) is 0 Å². The highest BCUT2D eigenvalue weighted by Gasteiger charge is 2.33. The number of H-pyrrole nitrogens is 1. The fourth-order valence-corrected chi connectivity index (χ4v) is 5.05. The molecule has 2 N–H and O–H groups in total. The monoisotopic (exact) mass is 326 g/mol. The van der Waals surface area contributed by atoms with E-state index in [4.69, 9.17) is 0 Å². The fourth-order valence-electron chi connectivity index (χ4n) is 2.58. The van der Waals surface area contributed by atoms with Crippen molar-refractivity contribution in [2.75, 3.05) is 13.6 Å². The zero-order valence-electron chi connectivity index (χ0n) is 12.0. The summed E-state index contributed by atoms with van der Waals surface area (Å²) >= 11 is 1.70. The van der Waals surface area contributed by atoms with Crippen molar-refractivity contribution < 1.29 is 8.42 Å². The van der Waals surface area contributed by atoms with Crippen molar-refractivity contribution in [3.63, 3.8) is 0 Å². The molecule has 2 aromatic heterocycles. The SMILES string of the molecule is CNCc1c(S(=O)(=O)N2CCc3sccc3C2)n[nH]c1C. The van der Waals surface area contributed by atoms with Crippen LogP contribution in [0.1, 0.15) is 21.7 Å². The zero-order valence-corrected chi connectivity index (χ0v) is 13.6. The van der Waals surface area contributed by atoms with E-state index in [1.54, 1.807) is 18.4 Å². The van der Waals surface area contributed by atoms with Gasteiger partial charge < -0.3 is 5.32 Å². The Labute approximate surface area is 128 Å². The summed E-state index contributed by atoms with van der Waals surface area (Å²) in [7, 11) is -1.77. The van der Waals surface area contributed by atoms with Crippen molar-refractivity contribution in [2.24, 2.45) is 0 Å². The van der Waals surface area contributed by atoms with Gasteiger partial charge in [0.1, 0.15) is 0 Å². The maximum atomic E-state index is 12.8. The van der Waals surface area contributed by atoms with Crippen LogP contribution in [0, 0.1) is 6.92 Å². The van der Waals surface area contributed by atoms with Crippen LogP contribution in [0.2, 0.25) is 0 Å². The van der Waals surface area contributed by atoms with Crippen molar-refractivity contribution in [2.45, 2.75) is 31.5 Å². The van der Waals surface area contributed by atoms with Crippen LogP contribution in [-0.4, -0.2) is 36.5 Å². The van der Waals surface area contributed by atoms with Crippen molar-refractivity contribution in [1.82, 2.24) is 19.8 Å². The van der Waals surface area contributed by atoms with Crippen LogP contribution < -0.4 is 5.32 Å². The van der Waals surface area contributed by atoms with Gasteiger partial charge in [-0.1, -0.05) is 0 Å². The first-order valence-corrected chi connectivity index (χ1v) is 9.10. The number of nitrogens with one attached hydrogen (secondary N) is 2. The highest BCUT2D eigenvalue weighted by Crippen LogP contribution is 2.29. The number of thiophene rings is 1. The topological polar surface area (TPSA) is 78.1 Å². The van der Waals surface area contributed by atoms with Crippen LogP contribution in [0.15, 0.2) is 16.5 Å². The first-order chi connectivity index (χ1) is 10.0. The molecule has 0 spiro atoms. The van der Waals surface area contributed by atoms with Crippen LogP contribution in [0.3, 0.4) is 0 Å². The van der Waals surface area contributed by atoms with E-state index in [-0.39, 0.29) is 5.03 Å². The second-order valence-corrected chi connectivity index (χ2v) is 7.97. The van der Waals surface area contributed by atoms with E-state index in [2.05, 4.69) is 15.5 Å². The van der Waals surface area contributed by atoms with Crippen molar-refractivity contribution in [1.29, 1.82) is 0 Å². The number of aryl methyl sites for hydroxylation is 1. The van der Waals surface area contributed by atoms with Crippen molar-refractivity contribution in [3.05, 3.63) is 33.1 Å². The average Bonchev–Trinajstić information content (AvgIpc) is 3.06. The van der Waals surface area contributed by atoms with Gasteiger partial charge in [0, 0.05) is 35.8 Å². The van der Waals surface area contributed by atoms with Gasteiger partial charge in [-0.25, -0.2) is 8.42 Å². The van der Waals surface area contributed by atoms with Gasteiger partial charge in [-0.3, -0.25) is 5.10 Å². The van der Waals surface area contributed by atoms with Crippen LogP contribution in [-0.2, 0) is 29.5 Å². The molecule has 1 aliphatic rings. The van der Waals surface area contributed by atoms with Gasteiger partial charge in [-0.15, -0.1) is 11.3 Å². The maximum absolute atomic E-state index is 12.8. The summed E-state index contributed by atoms with van der Waals surface area (Å²) in [5, 5.41) is 12.0. The number of sulfonamides is 1. The summed E-state index contributed by atoms with van der Waals surface area (Å²) in [5.74, 6) is 0. The van der Waals surface area contributed by atoms with Crippen molar-refractivity contribution >= 4 is 21.4 Å². The molecule has 6 nitrogen and oxygen atoms in total. The Morgan fingerprint density at radius 3 is 3.10 bits per heavy atom. The number of fused-ring (bicyclic) bond motifs is 1. The van der Waals surface area contributed by atoms with E-state index in [0.29, 0.717) is 25.2 Å². The average molecular weight is 326 g/mol. The van der Waals surface area contributed by atoms with Gasteiger partial charge in [-0.05, 0) is 37.4 Å². The van der Waals surface area contributed by atoms with Gasteiger partial charge in [0.25, 0.3) is 10.0 Å². The number of hydrogen-bond donors (Lipinski definition) is 2. The molecule has 0 radical (unpaired) electrons. The van der Waals surface area contributed by atoms with E-state index in [9.17, 15) is 8.42 Å². The molecule has 0 aromatic carbocycles. The minimum atomic E-state index is -3.56. The summed E-state index contributed by atoms with van der Waals surface area (Å²) < 4.78 is 27.2. The molecule has 0 saturated carbocycles. The maximum Gasteiger partial charge on any atom is 0.263 e. The molecule has 0 aliphatic carbocycles. The second kappa shape index (κ2) is 5.53. The Balaban J connectivity index is 1.95. The largest absolute Gasteiger partial charge is 0.316 e. The Morgan fingerprint density at radius 2 is 2.33 bits per heavy atom. The minimum absolute atomic E-state index is 0.146. The number of rotatable bonds is 4. The first-order valence-electron chi connectivity index (χ1n) is 6.78. The second-order valence-electron chi connectivity index (χ2n) is 5.12.